The lowest BCUT2D eigenvalue weighted by molar-refractivity contribution is 0.627. The number of imidazole rings is 1. The molecule has 3 rings (SSSR count). The molecule has 0 spiro atoms. The summed E-state index contributed by atoms with van der Waals surface area (Å²) in [6.07, 6.45) is 2.29. The van der Waals surface area contributed by atoms with Crippen LogP contribution in [0.3, 0.4) is 0 Å². The van der Waals surface area contributed by atoms with Crippen LogP contribution in [0.5, 0.6) is 0 Å². The summed E-state index contributed by atoms with van der Waals surface area (Å²) in [5.41, 5.74) is 2.28. The molecular weight excluding hydrogens is 281 g/mol. The number of aromatic amines is 1. The summed E-state index contributed by atoms with van der Waals surface area (Å²) in [4.78, 5) is 15.1. The number of fused-ring (bicyclic) bond motifs is 1. The molecule has 2 N–H and O–H groups in total. The van der Waals surface area contributed by atoms with E-state index in [0.717, 1.165) is 12.0 Å². The fraction of sp³-hybridized carbons (Fsp3) is 0.154. The first kappa shape index (κ1) is 12.8. The number of nitrogens with zero attached hydrogens (tertiary/aromatic N) is 3. The number of hydrogen-bond donors (Lipinski definition) is 2. The van der Waals surface area contributed by atoms with E-state index in [1.54, 1.807) is 18.5 Å². The Bertz CT molecular complexity index is 725. The molecule has 1 aromatic carbocycles. The highest BCUT2D eigenvalue weighted by molar-refractivity contribution is 6.28. The Hall–Kier alpha value is -2.21. The quantitative estimate of drug-likeness (QED) is 0.725. The summed E-state index contributed by atoms with van der Waals surface area (Å²) in [6, 6.07) is 6.42. The standard InChI is InChI=1S/C13H11ClFN5/c14-13-19-11(10-12(20-13)18-7-17-10)16-6-5-8-1-3-9(15)4-2-8/h1-4,7H,5-6H2,(H2,16,17,18,19,20). The zero-order chi connectivity index (χ0) is 13.9. The molecule has 2 heterocycles. The first-order valence-electron chi connectivity index (χ1n) is 6.07. The van der Waals surface area contributed by atoms with Crippen LogP contribution in [0.2, 0.25) is 5.28 Å². The van der Waals surface area contributed by atoms with Gasteiger partial charge >= 0.3 is 0 Å². The highest BCUT2D eigenvalue weighted by atomic mass is 35.5. The van der Waals surface area contributed by atoms with Crippen molar-refractivity contribution in [2.45, 2.75) is 6.42 Å². The number of benzene rings is 1. The Morgan fingerprint density at radius 3 is 2.80 bits per heavy atom. The maximum Gasteiger partial charge on any atom is 0.226 e. The van der Waals surface area contributed by atoms with Crippen LogP contribution in [0, 0.1) is 5.82 Å². The van der Waals surface area contributed by atoms with E-state index in [2.05, 4.69) is 25.3 Å². The predicted molar refractivity (Wildman–Crippen MR) is 75.3 cm³/mol. The van der Waals surface area contributed by atoms with Gasteiger partial charge in [0, 0.05) is 6.54 Å². The minimum atomic E-state index is -0.233. The lowest BCUT2D eigenvalue weighted by atomic mass is 10.1. The Balaban J connectivity index is 1.70. The van der Waals surface area contributed by atoms with Crippen LogP contribution in [0.4, 0.5) is 10.2 Å². The van der Waals surface area contributed by atoms with Crippen molar-refractivity contribution < 1.29 is 4.39 Å². The molecule has 5 nitrogen and oxygen atoms in total. The SMILES string of the molecule is Fc1ccc(CCNc2nc(Cl)nc3nc[nH]c23)cc1. The average Bonchev–Trinajstić information content (AvgIpc) is 2.89. The Morgan fingerprint density at radius 2 is 2.00 bits per heavy atom. The molecule has 3 aromatic rings. The fourth-order valence-electron chi connectivity index (χ4n) is 1.91. The third-order valence-corrected chi connectivity index (χ3v) is 3.05. The van der Waals surface area contributed by atoms with Gasteiger partial charge in [0.1, 0.15) is 11.3 Å². The molecule has 102 valence electrons. The molecule has 0 fully saturated rings. The molecule has 0 radical (unpaired) electrons. The number of aromatic nitrogens is 4. The highest BCUT2D eigenvalue weighted by Gasteiger charge is 2.08. The van der Waals surface area contributed by atoms with Gasteiger partial charge in [0.2, 0.25) is 5.28 Å². The maximum atomic E-state index is 12.8. The van der Waals surface area contributed by atoms with Crippen molar-refractivity contribution in [2.75, 3.05) is 11.9 Å². The fourth-order valence-corrected chi connectivity index (χ4v) is 2.08. The predicted octanol–water partition coefficient (Wildman–Crippen LogP) is 2.80. The second kappa shape index (κ2) is 5.42. The van der Waals surface area contributed by atoms with Gasteiger partial charge in [-0.15, -0.1) is 0 Å². The van der Waals surface area contributed by atoms with Gasteiger partial charge in [-0.2, -0.15) is 9.97 Å². The topological polar surface area (TPSA) is 66.5 Å². The third-order valence-electron chi connectivity index (χ3n) is 2.88. The number of nitrogens with one attached hydrogen (secondary N) is 2. The number of rotatable bonds is 4. The van der Waals surface area contributed by atoms with E-state index in [-0.39, 0.29) is 11.1 Å². The van der Waals surface area contributed by atoms with Crippen LogP contribution in [0.25, 0.3) is 11.2 Å². The molecule has 0 saturated heterocycles. The molecular formula is C13H11ClFN5. The van der Waals surface area contributed by atoms with Crippen LogP contribution in [0.15, 0.2) is 30.6 Å². The van der Waals surface area contributed by atoms with Crippen LogP contribution < -0.4 is 5.32 Å². The first-order valence-corrected chi connectivity index (χ1v) is 6.45. The number of anilines is 1. The maximum absolute atomic E-state index is 12.8. The lowest BCUT2D eigenvalue weighted by Crippen LogP contribution is -2.07. The molecule has 2 aromatic heterocycles. The van der Waals surface area contributed by atoms with Crippen LogP contribution in [-0.4, -0.2) is 26.5 Å². The minimum Gasteiger partial charge on any atom is -0.368 e. The second-order valence-corrected chi connectivity index (χ2v) is 4.58. The summed E-state index contributed by atoms with van der Waals surface area (Å²) < 4.78 is 12.8. The zero-order valence-electron chi connectivity index (χ0n) is 10.4. The van der Waals surface area contributed by atoms with Crippen molar-refractivity contribution in [2.24, 2.45) is 0 Å². The van der Waals surface area contributed by atoms with Crippen molar-refractivity contribution in [1.29, 1.82) is 0 Å². The van der Waals surface area contributed by atoms with Gasteiger partial charge in [-0.05, 0) is 35.7 Å². The Kier molecular flexibility index (Phi) is 3.47. The van der Waals surface area contributed by atoms with E-state index >= 15 is 0 Å². The summed E-state index contributed by atoms with van der Waals surface area (Å²) in [6.45, 7) is 0.646. The molecule has 7 heteroatoms. The molecule has 0 unspecified atom stereocenters. The van der Waals surface area contributed by atoms with Crippen LogP contribution >= 0.6 is 11.6 Å². The van der Waals surface area contributed by atoms with E-state index in [0.29, 0.717) is 23.5 Å². The van der Waals surface area contributed by atoms with Crippen molar-refractivity contribution in [3.05, 3.63) is 47.3 Å². The molecule has 0 aliphatic rings. The van der Waals surface area contributed by atoms with Gasteiger partial charge in [-0.1, -0.05) is 12.1 Å². The number of halogens is 2. The van der Waals surface area contributed by atoms with Crippen LogP contribution in [0.1, 0.15) is 5.56 Å². The zero-order valence-corrected chi connectivity index (χ0v) is 11.2. The second-order valence-electron chi connectivity index (χ2n) is 4.25. The van der Waals surface area contributed by atoms with Gasteiger partial charge in [-0.3, -0.25) is 0 Å². The summed E-state index contributed by atoms with van der Waals surface area (Å²) in [5.74, 6) is 0.378. The van der Waals surface area contributed by atoms with Crippen LogP contribution in [-0.2, 0) is 6.42 Å². The minimum absolute atomic E-state index is 0.147. The average molecular weight is 292 g/mol. The van der Waals surface area contributed by atoms with Gasteiger partial charge < -0.3 is 10.3 Å². The molecule has 0 aliphatic heterocycles. The lowest BCUT2D eigenvalue weighted by Gasteiger charge is -2.06. The van der Waals surface area contributed by atoms with E-state index in [1.165, 1.54) is 12.1 Å². The van der Waals surface area contributed by atoms with E-state index < -0.39 is 0 Å². The Labute approximate surface area is 119 Å². The number of H-pyrrole nitrogens is 1. The molecule has 0 amide bonds. The van der Waals surface area contributed by atoms with Gasteiger partial charge in [0.05, 0.1) is 6.33 Å². The first-order chi connectivity index (χ1) is 9.72. The van der Waals surface area contributed by atoms with Gasteiger partial charge in [-0.25, -0.2) is 9.37 Å². The summed E-state index contributed by atoms with van der Waals surface area (Å²) in [5, 5.41) is 3.32. The van der Waals surface area contributed by atoms with E-state index in [4.69, 9.17) is 11.6 Å². The van der Waals surface area contributed by atoms with Crippen molar-refractivity contribution >= 4 is 28.6 Å². The number of hydrogen-bond acceptors (Lipinski definition) is 4. The monoisotopic (exact) mass is 291 g/mol. The summed E-state index contributed by atoms with van der Waals surface area (Å²) in [7, 11) is 0. The largest absolute Gasteiger partial charge is 0.368 e. The summed E-state index contributed by atoms with van der Waals surface area (Å²) >= 11 is 5.84. The van der Waals surface area contributed by atoms with Crippen molar-refractivity contribution in [3.63, 3.8) is 0 Å². The Morgan fingerprint density at radius 1 is 1.20 bits per heavy atom. The third kappa shape index (κ3) is 2.70. The van der Waals surface area contributed by atoms with Gasteiger partial charge in [0.15, 0.2) is 11.5 Å². The molecule has 0 aliphatic carbocycles. The smallest absolute Gasteiger partial charge is 0.226 e. The highest BCUT2D eigenvalue weighted by Crippen LogP contribution is 2.18. The molecule has 0 saturated carbocycles. The molecule has 20 heavy (non-hydrogen) atoms. The molecule has 0 bridgehead atoms. The van der Waals surface area contributed by atoms with Crippen molar-refractivity contribution in [1.82, 2.24) is 19.9 Å². The van der Waals surface area contributed by atoms with E-state index in [1.807, 2.05) is 0 Å². The van der Waals surface area contributed by atoms with E-state index in [9.17, 15) is 4.39 Å². The van der Waals surface area contributed by atoms with Crippen molar-refractivity contribution in [3.8, 4) is 0 Å². The normalized spacial score (nSPS) is 10.9. The van der Waals surface area contributed by atoms with Gasteiger partial charge in [0.25, 0.3) is 0 Å². The molecule has 0 atom stereocenters.